The number of aryl methyl sites for hydroxylation is 3. The Kier molecular flexibility index (Phi) is 4.07. The maximum atomic E-state index is 12.5. The molecular formula is C15H18N4O2. The number of benzene rings is 1. The van der Waals surface area contributed by atoms with Crippen molar-refractivity contribution in [3.05, 3.63) is 47.3 Å². The summed E-state index contributed by atoms with van der Waals surface area (Å²) in [5.41, 5.74) is 7.86. The van der Waals surface area contributed by atoms with Crippen LogP contribution in [0.1, 0.15) is 28.5 Å². The van der Waals surface area contributed by atoms with E-state index >= 15 is 0 Å². The lowest BCUT2D eigenvalue weighted by Gasteiger charge is -2.18. The lowest BCUT2D eigenvalue weighted by molar-refractivity contribution is 0.0994. The lowest BCUT2D eigenvalue weighted by Crippen LogP contribution is -2.41. The first-order valence-electron chi connectivity index (χ1n) is 6.67. The number of urea groups is 1. The second kappa shape index (κ2) is 5.78. The van der Waals surface area contributed by atoms with E-state index in [1.165, 1.54) is 4.68 Å². The summed E-state index contributed by atoms with van der Waals surface area (Å²) >= 11 is 0. The number of hydrogen-bond donors (Lipinski definition) is 1. The molecule has 1 heterocycles. The Bertz CT molecular complexity index is 673. The Morgan fingerprint density at radius 1 is 1.29 bits per heavy atom. The number of carbonyl (C=O) groups excluding carboxylic acids is 2. The summed E-state index contributed by atoms with van der Waals surface area (Å²) in [7, 11) is 1.72. The number of carbonyl (C=O) groups is 2. The normalized spacial score (nSPS) is 10.4. The minimum absolute atomic E-state index is 0.357. The highest BCUT2D eigenvalue weighted by Crippen LogP contribution is 2.19. The highest BCUT2D eigenvalue weighted by Gasteiger charge is 2.25. The van der Waals surface area contributed by atoms with E-state index in [0.29, 0.717) is 16.9 Å². The quantitative estimate of drug-likeness (QED) is 0.937. The van der Waals surface area contributed by atoms with E-state index in [1.807, 2.05) is 19.1 Å². The van der Waals surface area contributed by atoms with E-state index in [-0.39, 0.29) is 0 Å². The molecule has 2 aromatic rings. The largest absolute Gasteiger partial charge is 0.351 e. The average molecular weight is 286 g/mol. The number of rotatable bonds is 3. The van der Waals surface area contributed by atoms with Crippen LogP contribution in [0.3, 0.4) is 0 Å². The van der Waals surface area contributed by atoms with Crippen LogP contribution in [0.25, 0.3) is 0 Å². The van der Waals surface area contributed by atoms with E-state index in [2.05, 4.69) is 5.10 Å². The second-order valence-electron chi connectivity index (χ2n) is 4.80. The van der Waals surface area contributed by atoms with Crippen LogP contribution >= 0.6 is 0 Å². The molecule has 0 saturated carbocycles. The Labute approximate surface area is 123 Å². The summed E-state index contributed by atoms with van der Waals surface area (Å²) in [4.78, 5) is 25.2. The Morgan fingerprint density at radius 2 is 1.90 bits per heavy atom. The van der Waals surface area contributed by atoms with E-state index < -0.39 is 11.9 Å². The average Bonchev–Trinajstić information content (AvgIpc) is 2.78. The van der Waals surface area contributed by atoms with Gasteiger partial charge in [-0.3, -0.25) is 9.48 Å². The molecule has 6 heteroatoms. The number of nitrogens with zero attached hydrogens (tertiary/aromatic N) is 3. The fraction of sp³-hybridized carbons (Fsp3) is 0.267. The van der Waals surface area contributed by atoms with Crippen molar-refractivity contribution in [3.8, 4) is 0 Å². The maximum absolute atomic E-state index is 12.5. The molecule has 0 spiro atoms. The molecule has 1 aromatic heterocycles. The van der Waals surface area contributed by atoms with Crippen molar-refractivity contribution in [2.24, 2.45) is 12.8 Å². The topological polar surface area (TPSA) is 81.2 Å². The van der Waals surface area contributed by atoms with Crippen LogP contribution in [0.4, 0.5) is 10.5 Å². The van der Waals surface area contributed by atoms with Gasteiger partial charge in [0.15, 0.2) is 0 Å². The molecule has 0 saturated heterocycles. The summed E-state index contributed by atoms with van der Waals surface area (Å²) in [5, 5.41) is 4.11. The number of nitrogens with two attached hydrogens (primary N) is 1. The zero-order valence-corrected chi connectivity index (χ0v) is 12.3. The van der Waals surface area contributed by atoms with Crippen molar-refractivity contribution >= 4 is 17.6 Å². The third kappa shape index (κ3) is 2.94. The van der Waals surface area contributed by atoms with Gasteiger partial charge in [-0.1, -0.05) is 19.1 Å². The van der Waals surface area contributed by atoms with Crippen molar-refractivity contribution in [1.29, 1.82) is 0 Å². The summed E-state index contributed by atoms with van der Waals surface area (Å²) < 4.78 is 1.53. The number of amides is 3. The third-order valence-corrected chi connectivity index (χ3v) is 3.27. The summed E-state index contributed by atoms with van der Waals surface area (Å²) in [5.74, 6) is -0.475. The molecule has 21 heavy (non-hydrogen) atoms. The standard InChI is InChI=1S/C15H18N4O2/c1-4-11-5-7-12(8-6-11)19(15(16)21)14(20)13-9-18(3)17-10(13)2/h5-9H,4H2,1-3H3,(H2,16,21). The van der Waals surface area contributed by atoms with Gasteiger partial charge in [0.05, 0.1) is 16.9 Å². The van der Waals surface area contributed by atoms with Crippen molar-refractivity contribution in [2.45, 2.75) is 20.3 Å². The van der Waals surface area contributed by atoms with Crippen molar-refractivity contribution in [1.82, 2.24) is 9.78 Å². The molecule has 3 amide bonds. The minimum atomic E-state index is -0.812. The van der Waals surface area contributed by atoms with Gasteiger partial charge in [0.25, 0.3) is 5.91 Å². The van der Waals surface area contributed by atoms with Gasteiger partial charge in [0, 0.05) is 13.2 Å². The number of imide groups is 1. The van der Waals surface area contributed by atoms with Crippen LogP contribution in [0, 0.1) is 6.92 Å². The molecule has 6 nitrogen and oxygen atoms in total. The van der Waals surface area contributed by atoms with Gasteiger partial charge in [-0.15, -0.1) is 0 Å². The lowest BCUT2D eigenvalue weighted by atomic mass is 10.1. The van der Waals surface area contributed by atoms with E-state index in [9.17, 15) is 9.59 Å². The van der Waals surface area contributed by atoms with Gasteiger partial charge in [-0.05, 0) is 31.0 Å². The second-order valence-corrected chi connectivity index (χ2v) is 4.80. The van der Waals surface area contributed by atoms with Crippen LogP contribution < -0.4 is 10.6 Å². The molecule has 110 valence electrons. The maximum Gasteiger partial charge on any atom is 0.326 e. The van der Waals surface area contributed by atoms with Gasteiger partial charge in [0.2, 0.25) is 0 Å². The predicted octanol–water partition coefficient (Wildman–Crippen LogP) is 2.02. The molecule has 0 aliphatic carbocycles. The van der Waals surface area contributed by atoms with E-state index in [1.54, 1.807) is 32.3 Å². The molecule has 0 fully saturated rings. The predicted molar refractivity (Wildman–Crippen MR) is 80.2 cm³/mol. The SMILES string of the molecule is CCc1ccc(N(C(N)=O)C(=O)c2cn(C)nc2C)cc1. The van der Waals surface area contributed by atoms with Crippen molar-refractivity contribution in [3.63, 3.8) is 0 Å². The molecule has 2 N–H and O–H groups in total. The van der Waals surface area contributed by atoms with Gasteiger partial charge >= 0.3 is 6.03 Å². The van der Waals surface area contributed by atoms with Gasteiger partial charge < -0.3 is 5.73 Å². The fourth-order valence-corrected chi connectivity index (χ4v) is 2.16. The molecule has 0 radical (unpaired) electrons. The monoisotopic (exact) mass is 286 g/mol. The zero-order chi connectivity index (χ0) is 15.6. The van der Waals surface area contributed by atoms with E-state index in [0.717, 1.165) is 16.9 Å². The van der Waals surface area contributed by atoms with Gasteiger partial charge in [-0.2, -0.15) is 5.10 Å². The summed E-state index contributed by atoms with van der Waals surface area (Å²) in [6.07, 6.45) is 2.46. The Hall–Kier alpha value is -2.63. The number of primary amides is 1. The molecule has 0 atom stereocenters. The first-order valence-corrected chi connectivity index (χ1v) is 6.67. The van der Waals surface area contributed by atoms with Crippen LogP contribution in [0.5, 0.6) is 0 Å². The molecule has 0 aliphatic rings. The molecule has 0 unspecified atom stereocenters. The molecule has 0 bridgehead atoms. The highest BCUT2D eigenvalue weighted by atomic mass is 16.2. The summed E-state index contributed by atoms with van der Waals surface area (Å²) in [6.45, 7) is 3.75. The molecule has 0 aliphatic heterocycles. The molecule has 1 aromatic carbocycles. The highest BCUT2D eigenvalue weighted by molar-refractivity contribution is 6.20. The molecular weight excluding hydrogens is 268 g/mol. The van der Waals surface area contributed by atoms with Crippen LogP contribution in [-0.2, 0) is 13.5 Å². The van der Waals surface area contributed by atoms with E-state index in [4.69, 9.17) is 5.73 Å². The van der Waals surface area contributed by atoms with Crippen molar-refractivity contribution in [2.75, 3.05) is 4.90 Å². The number of hydrogen-bond acceptors (Lipinski definition) is 3. The van der Waals surface area contributed by atoms with Crippen LogP contribution in [-0.4, -0.2) is 21.7 Å². The van der Waals surface area contributed by atoms with Gasteiger partial charge in [0.1, 0.15) is 0 Å². The third-order valence-electron chi connectivity index (χ3n) is 3.27. The first kappa shape index (κ1) is 14.8. The number of anilines is 1. The molecule has 2 rings (SSSR count). The number of aromatic nitrogens is 2. The minimum Gasteiger partial charge on any atom is -0.351 e. The van der Waals surface area contributed by atoms with Crippen LogP contribution in [0.2, 0.25) is 0 Å². The van der Waals surface area contributed by atoms with Gasteiger partial charge in [-0.25, -0.2) is 9.69 Å². The smallest absolute Gasteiger partial charge is 0.326 e. The fourth-order valence-electron chi connectivity index (χ4n) is 2.16. The Balaban J connectivity index is 2.40. The van der Waals surface area contributed by atoms with Crippen LogP contribution in [0.15, 0.2) is 30.5 Å². The Morgan fingerprint density at radius 3 is 2.33 bits per heavy atom. The summed E-state index contributed by atoms with van der Waals surface area (Å²) in [6, 6.07) is 6.36. The first-order chi connectivity index (χ1) is 9.93. The van der Waals surface area contributed by atoms with Crippen molar-refractivity contribution < 1.29 is 9.59 Å². The zero-order valence-electron chi connectivity index (χ0n) is 12.3.